The first-order chi connectivity index (χ1) is 10.7. The van der Waals surface area contributed by atoms with Crippen LogP contribution in [0.5, 0.6) is 0 Å². The number of carbonyl (C=O) groups is 1. The van der Waals surface area contributed by atoms with Crippen molar-refractivity contribution in [3.8, 4) is 5.69 Å². The van der Waals surface area contributed by atoms with E-state index in [1.54, 1.807) is 22.9 Å². The molecule has 0 saturated heterocycles. The van der Waals surface area contributed by atoms with Crippen LogP contribution in [0.3, 0.4) is 0 Å². The van der Waals surface area contributed by atoms with E-state index in [0.29, 0.717) is 9.90 Å². The molecule has 3 aromatic rings. The monoisotopic (exact) mass is 369 g/mol. The number of aromatic nitrogens is 2. The number of thiophene rings is 1. The number of rotatable bonds is 3. The third-order valence-corrected chi connectivity index (χ3v) is 5.00. The van der Waals surface area contributed by atoms with Crippen LogP contribution in [-0.4, -0.2) is 30.4 Å². The second-order valence-corrected chi connectivity index (χ2v) is 8.23. The summed E-state index contributed by atoms with van der Waals surface area (Å²) in [4.78, 5) is 13.1. The predicted molar refractivity (Wildman–Crippen MR) is 91.0 cm³/mol. The van der Waals surface area contributed by atoms with Crippen molar-refractivity contribution >= 4 is 49.1 Å². The van der Waals surface area contributed by atoms with Crippen molar-refractivity contribution in [2.45, 2.75) is 6.92 Å². The SMILES string of the molecule is Cc1nn(-c2cccc(Cl)c2)c2sc(C(=O)NS(C)(=O)=O)cc12. The first-order valence-electron chi connectivity index (χ1n) is 6.52. The molecule has 1 aromatic carbocycles. The van der Waals surface area contributed by atoms with E-state index in [0.717, 1.165) is 27.9 Å². The van der Waals surface area contributed by atoms with Gasteiger partial charge in [0.1, 0.15) is 4.83 Å². The van der Waals surface area contributed by atoms with E-state index in [-0.39, 0.29) is 0 Å². The van der Waals surface area contributed by atoms with E-state index >= 15 is 0 Å². The van der Waals surface area contributed by atoms with Crippen molar-refractivity contribution in [1.29, 1.82) is 0 Å². The number of hydrogen-bond donors (Lipinski definition) is 1. The molecule has 0 radical (unpaired) electrons. The second kappa shape index (κ2) is 5.63. The molecule has 0 aliphatic heterocycles. The largest absolute Gasteiger partial charge is 0.274 e. The molecule has 0 atom stereocenters. The van der Waals surface area contributed by atoms with E-state index in [2.05, 4.69) is 5.10 Å². The van der Waals surface area contributed by atoms with Crippen LogP contribution in [0.25, 0.3) is 15.9 Å². The van der Waals surface area contributed by atoms with Gasteiger partial charge in [0.2, 0.25) is 10.0 Å². The van der Waals surface area contributed by atoms with Gasteiger partial charge in [0, 0.05) is 10.4 Å². The summed E-state index contributed by atoms with van der Waals surface area (Å²) in [6, 6.07) is 8.84. The number of sulfonamides is 1. The van der Waals surface area contributed by atoms with Crippen molar-refractivity contribution < 1.29 is 13.2 Å². The van der Waals surface area contributed by atoms with Crippen LogP contribution < -0.4 is 4.72 Å². The lowest BCUT2D eigenvalue weighted by molar-refractivity contribution is 0.0985. The van der Waals surface area contributed by atoms with Gasteiger partial charge in [-0.2, -0.15) is 5.10 Å². The van der Waals surface area contributed by atoms with Crippen LogP contribution >= 0.6 is 22.9 Å². The van der Waals surface area contributed by atoms with Gasteiger partial charge in [-0.15, -0.1) is 11.3 Å². The second-order valence-electron chi connectivity index (χ2n) is 5.01. The number of carbonyl (C=O) groups excluding carboxylic acids is 1. The number of hydrogen-bond acceptors (Lipinski definition) is 5. The van der Waals surface area contributed by atoms with Gasteiger partial charge < -0.3 is 0 Å². The van der Waals surface area contributed by atoms with Gasteiger partial charge >= 0.3 is 0 Å². The van der Waals surface area contributed by atoms with Gasteiger partial charge in [-0.25, -0.2) is 17.8 Å². The molecule has 1 amide bonds. The first-order valence-corrected chi connectivity index (χ1v) is 9.60. The third kappa shape index (κ3) is 3.24. The predicted octanol–water partition coefficient (Wildman–Crippen LogP) is 2.74. The summed E-state index contributed by atoms with van der Waals surface area (Å²) < 4.78 is 26.1. The Kier molecular flexibility index (Phi) is 3.91. The fraction of sp³-hybridized carbons (Fsp3) is 0.143. The highest BCUT2D eigenvalue weighted by Crippen LogP contribution is 2.31. The van der Waals surface area contributed by atoms with Crippen molar-refractivity contribution in [1.82, 2.24) is 14.5 Å². The molecule has 0 bridgehead atoms. The molecule has 0 unspecified atom stereocenters. The maximum Gasteiger partial charge on any atom is 0.274 e. The lowest BCUT2D eigenvalue weighted by Gasteiger charge is -2.02. The van der Waals surface area contributed by atoms with Gasteiger partial charge in [-0.1, -0.05) is 17.7 Å². The summed E-state index contributed by atoms with van der Waals surface area (Å²) in [7, 11) is -3.60. The highest BCUT2D eigenvalue weighted by molar-refractivity contribution is 7.89. The molecule has 3 rings (SSSR count). The Hall–Kier alpha value is -1.90. The highest BCUT2D eigenvalue weighted by atomic mass is 35.5. The minimum atomic E-state index is -3.60. The molecule has 0 spiro atoms. The van der Waals surface area contributed by atoms with Gasteiger partial charge in [-0.3, -0.25) is 4.79 Å². The number of halogens is 1. The van der Waals surface area contributed by atoms with Crippen LogP contribution in [0.2, 0.25) is 5.02 Å². The lowest BCUT2D eigenvalue weighted by Crippen LogP contribution is -2.28. The van der Waals surface area contributed by atoms with E-state index in [1.807, 2.05) is 23.8 Å². The Morgan fingerprint density at radius 1 is 1.35 bits per heavy atom. The molecule has 2 heterocycles. The number of fused-ring (bicyclic) bond motifs is 1. The molecule has 9 heteroatoms. The van der Waals surface area contributed by atoms with Gasteiger partial charge in [0.25, 0.3) is 5.91 Å². The molecule has 6 nitrogen and oxygen atoms in total. The maximum absolute atomic E-state index is 12.0. The zero-order valence-electron chi connectivity index (χ0n) is 12.2. The van der Waals surface area contributed by atoms with E-state index in [9.17, 15) is 13.2 Å². The molecule has 0 aliphatic rings. The maximum atomic E-state index is 12.0. The topological polar surface area (TPSA) is 81.1 Å². The summed E-state index contributed by atoms with van der Waals surface area (Å²) in [5, 5.41) is 5.83. The van der Waals surface area contributed by atoms with Gasteiger partial charge in [-0.05, 0) is 31.2 Å². The minimum absolute atomic E-state index is 0.307. The number of benzene rings is 1. The summed E-state index contributed by atoms with van der Waals surface area (Å²) in [5.74, 6) is -0.647. The minimum Gasteiger partial charge on any atom is -0.267 e. The molecule has 1 N–H and O–H groups in total. The first kappa shape index (κ1) is 16.0. The van der Waals surface area contributed by atoms with Crippen LogP contribution in [0.1, 0.15) is 15.4 Å². The number of amides is 1. The molecule has 2 aromatic heterocycles. The lowest BCUT2D eigenvalue weighted by atomic mass is 10.3. The quantitative estimate of drug-likeness (QED) is 0.769. The molecular formula is C14H12ClN3O3S2. The summed E-state index contributed by atoms with van der Waals surface area (Å²) in [6.07, 6.45) is 0.942. The Bertz CT molecular complexity index is 1020. The Balaban J connectivity index is 2.10. The Morgan fingerprint density at radius 3 is 2.74 bits per heavy atom. The van der Waals surface area contributed by atoms with E-state index in [4.69, 9.17) is 11.6 Å². The van der Waals surface area contributed by atoms with Gasteiger partial charge in [0.05, 0.1) is 22.5 Å². The molecular weight excluding hydrogens is 358 g/mol. The summed E-state index contributed by atoms with van der Waals surface area (Å²) in [6.45, 7) is 1.83. The molecule has 0 aliphatic carbocycles. The Labute approximate surface area is 141 Å². The van der Waals surface area contributed by atoms with Gasteiger partial charge in [0.15, 0.2) is 0 Å². The van der Waals surface area contributed by atoms with Crippen LogP contribution in [0.15, 0.2) is 30.3 Å². The number of nitrogens with zero attached hydrogens (tertiary/aromatic N) is 2. The summed E-state index contributed by atoms with van der Waals surface area (Å²) >= 11 is 7.19. The fourth-order valence-electron chi connectivity index (χ4n) is 2.16. The molecule has 23 heavy (non-hydrogen) atoms. The number of nitrogens with one attached hydrogen (secondary N) is 1. The average Bonchev–Trinajstić information content (AvgIpc) is 2.98. The van der Waals surface area contributed by atoms with Crippen molar-refractivity contribution in [2.24, 2.45) is 0 Å². The average molecular weight is 370 g/mol. The molecule has 120 valence electrons. The van der Waals surface area contributed by atoms with E-state index < -0.39 is 15.9 Å². The third-order valence-electron chi connectivity index (χ3n) is 3.10. The van der Waals surface area contributed by atoms with Crippen molar-refractivity contribution in [3.05, 3.63) is 45.9 Å². The zero-order valence-corrected chi connectivity index (χ0v) is 14.6. The fourth-order valence-corrected chi connectivity index (χ4v) is 3.93. The molecule has 0 saturated carbocycles. The number of aryl methyl sites for hydroxylation is 1. The van der Waals surface area contributed by atoms with Crippen LogP contribution in [0, 0.1) is 6.92 Å². The van der Waals surface area contributed by atoms with Crippen LogP contribution in [0.4, 0.5) is 0 Å². The highest BCUT2D eigenvalue weighted by Gasteiger charge is 2.19. The molecule has 0 fully saturated rings. The smallest absolute Gasteiger partial charge is 0.267 e. The summed E-state index contributed by atoms with van der Waals surface area (Å²) in [5.41, 5.74) is 1.52. The van der Waals surface area contributed by atoms with Crippen molar-refractivity contribution in [3.63, 3.8) is 0 Å². The van der Waals surface area contributed by atoms with Crippen molar-refractivity contribution in [2.75, 3.05) is 6.26 Å². The van der Waals surface area contributed by atoms with E-state index in [1.165, 1.54) is 11.3 Å². The van der Waals surface area contributed by atoms with Crippen LogP contribution in [-0.2, 0) is 10.0 Å². The normalized spacial score (nSPS) is 11.8. The Morgan fingerprint density at radius 2 is 2.09 bits per heavy atom. The zero-order chi connectivity index (χ0) is 16.8. The standard InChI is InChI=1S/C14H12ClN3O3S2/c1-8-11-7-12(13(19)17-23(2,20)21)22-14(11)18(16-8)10-5-3-4-9(15)6-10/h3-7H,1-2H3,(H,17,19).